The number of carboxylic acid groups (broad SMARTS) is 1. The second-order valence-corrected chi connectivity index (χ2v) is 4.40. The van der Waals surface area contributed by atoms with Crippen molar-refractivity contribution in [3.63, 3.8) is 0 Å². The van der Waals surface area contributed by atoms with Gasteiger partial charge in [-0.1, -0.05) is 29.8 Å². The Morgan fingerprint density at radius 1 is 1.25 bits per heavy atom. The number of ether oxygens (including phenoxy) is 1. The van der Waals surface area contributed by atoms with Crippen LogP contribution in [-0.2, 0) is 25.5 Å². The third-order valence-electron chi connectivity index (χ3n) is 2.72. The number of methoxy groups -OCH3 is 1. The second-order valence-electron chi connectivity index (χ2n) is 4.40. The lowest BCUT2D eigenvalue weighted by Crippen LogP contribution is -2.43. The predicted molar refractivity (Wildman–Crippen MR) is 71.1 cm³/mol. The Hall–Kier alpha value is -2.37. The topological polar surface area (TPSA) is 92.7 Å². The molecule has 0 saturated heterocycles. The SMILES string of the molecule is COC(=O)C[C@H](NC(=O)Cc1ccc(C)cc1)C(=O)O. The van der Waals surface area contributed by atoms with Gasteiger partial charge in [0.15, 0.2) is 0 Å². The maximum absolute atomic E-state index is 11.8. The van der Waals surface area contributed by atoms with Crippen molar-refractivity contribution in [2.24, 2.45) is 0 Å². The van der Waals surface area contributed by atoms with E-state index < -0.39 is 30.3 Å². The zero-order chi connectivity index (χ0) is 15.1. The molecule has 0 bridgehead atoms. The number of nitrogens with one attached hydrogen (secondary N) is 1. The number of carbonyl (C=O) groups is 3. The van der Waals surface area contributed by atoms with E-state index in [0.717, 1.165) is 18.2 Å². The third-order valence-corrected chi connectivity index (χ3v) is 2.72. The highest BCUT2D eigenvalue weighted by atomic mass is 16.5. The summed E-state index contributed by atoms with van der Waals surface area (Å²) in [5.41, 5.74) is 1.85. The highest BCUT2D eigenvalue weighted by Crippen LogP contribution is 2.04. The van der Waals surface area contributed by atoms with Gasteiger partial charge in [-0.25, -0.2) is 4.79 Å². The number of carbonyl (C=O) groups excluding carboxylic acids is 2. The van der Waals surface area contributed by atoms with Crippen molar-refractivity contribution >= 4 is 17.8 Å². The van der Waals surface area contributed by atoms with Crippen LogP contribution < -0.4 is 5.32 Å². The van der Waals surface area contributed by atoms with Crippen LogP contribution in [0.1, 0.15) is 17.5 Å². The lowest BCUT2D eigenvalue weighted by Gasteiger charge is -2.13. The molecule has 0 aliphatic carbocycles. The lowest BCUT2D eigenvalue weighted by molar-refractivity contribution is -0.148. The quantitative estimate of drug-likeness (QED) is 0.747. The van der Waals surface area contributed by atoms with Crippen LogP contribution >= 0.6 is 0 Å². The molecule has 6 nitrogen and oxygen atoms in total. The number of aryl methyl sites for hydroxylation is 1. The summed E-state index contributed by atoms with van der Waals surface area (Å²) in [6.07, 6.45) is -0.337. The minimum absolute atomic E-state index is 0.0607. The Morgan fingerprint density at radius 2 is 1.85 bits per heavy atom. The van der Waals surface area contributed by atoms with Crippen molar-refractivity contribution in [3.8, 4) is 0 Å². The molecule has 0 unspecified atom stereocenters. The standard InChI is InChI=1S/C14H17NO5/c1-9-3-5-10(6-4-9)7-12(16)15-11(14(18)19)8-13(17)20-2/h3-6,11H,7-8H2,1-2H3,(H,15,16)(H,18,19)/t11-/m0/s1. The molecule has 20 heavy (non-hydrogen) atoms. The van der Waals surface area contributed by atoms with Crippen molar-refractivity contribution in [1.29, 1.82) is 0 Å². The molecule has 1 rings (SSSR count). The summed E-state index contributed by atoms with van der Waals surface area (Å²) in [7, 11) is 1.16. The van der Waals surface area contributed by atoms with Crippen LogP contribution in [0.4, 0.5) is 0 Å². The van der Waals surface area contributed by atoms with Crippen LogP contribution in [0.15, 0.2) is 24.3 Å². The summed E-state index contributed by atoms with van der Waals surface area (Å²) in [5, 5.41) is 11.3. The molecule has 0 aromatic heterocycles. The maximum atomic E-state index is 11.8. The van der Waals surface area contributed by atoms with Gasteiger partial charge in [0.2, 0.25) is 5.91 Å². The Balaban J connectivity index is 2.60. The smallest absolute Gasteiger partial charge is 0.326 e. The summed E-state index contributed by atoms with van der Waals surface area (Å²) in [6.45, 7) is 1.93. The van der Waals surface area contributed by atoms with Gasteiger partial charge >= 0.3 is 11.9 Å². The van der Waals surface area contributed by atoms with Crippen LogP contribution in [0.5, 0.6) is 0 Å². The van der Waals surface area contributed by atoms with Crippen molar-refractivity contribution in [3.05, 3.63) is 35.4 Å². The Kier molecular flexibility index (Phi) is 5.71. The summed E-state index contributed by atoms with van der Waals surface area (Å²) < 4.78 is 4.39. The van der Waals surface area contributed by atoms with E-state index in [1.807, 2.05) is 19.1 Å². The number of aliphatic carboxylic acids is 1. The molecule has 2 N–H and O–H groups in total. The molecule has 1 aromatic rings. The zero-order valence-corrected chi connectivity index (χ0v) is 11.4. The number of esters is 1. The molecule has 0 spiro atoms. The molecule has 108 valence electrons. The van der Waals surface area contributed by atoms with E-state index >= 15 is 0 Å². The van der Waals surface area contributed by atoms with Gasteiger partial charge in [0.05, 0.1) is 20.0 Å². The molecule has 0 heterocycles. The molecule has 1 aromatic carbocycles. The molecule has 0 aliphatic rings. The highest BCUT2D eigenvalue weighted by molar-refractivity contribution is 5.87. The average Bonchev–Trinajstić information content (AvgIpc) is 2.40. The normalized spacial score (nSPS) is 11.5. The molecule has 0 saturated carbocycles. The van der Waals surface area contributed by atoms with Crippen molar-refractivity contribution < 1.29 is 24.2 Å². The fourth-order valence-corrected chi connectivity index (χ4v) is 1.59. The van der Waals surface area contributed by atoms with Gasteiger partial charge in [-0.05, 0) is 12.5 Å². The Morgan fingerprint density at radius 3 is 2.35 bits per heavy atom. The van der Waals surface area contributed by atoms with E-state index in [0.29, 0.717) is 0 Å². The summed E-state index contributed by atoms with van der Waals surface area (Å²) >= 11 is 0. The fourth-order valence-electron chi connectivity index (χ4n) is 1.59. The first-order valence-electron chi connectivity index (χ1n) is 6.07. The van der Waals surface area contributed by atoms with E-state index in [-0.39, 0.29) is 6.42 Å². The monoisotopic (exact) mass is 279 g/mol. The van der Waals surface area contributed by atoms with Gasteiger partial charge in [-0.2, -0.15) is 0 Å². The molecular formula is C14H17NO5. The molecule has 6 heteroatoms. The number of hydrogen-bond acceptors (Lipinski definition) is 4. The van der Waals surface area contributed by atoms with Crippen molar-refractivity contribution in [2.45, 2.75) is 25.8 Å². The van der Waals surface area contributed by atoms with Crippen molar-refractivity contribution in [2.75, 3.05) is 7.11 Å². The van der Waals surface area contributed by atoms with E-state index in [1.165, 1.54) is 0 Å². The van der Waals surface area contributed by atoms with Crippen LogP contribution in [-0.4, -0.2) is 36.1 Å². The first-order chi connectivity index (χ1) is 9.42. The average molecular weight is 279 g/mol. The molecule has 1 amide bonds. The van der Waals surface area contributed by atoms with E-state index in [4.69, 9.17) is 5.11 Å². The number of amides is 1. The highest BCUT2D eigenvalue weighted by Gasteiger charge is 2.23. The number of rotatable bonds is 6. The van der Waals surface area contributed by atoms with E-state index in [2.05, 4.69) is 10.1 Å². The number of benzene rings is 1. The zero-order valence-electron chi connectivity index (χ0n) is 11.4. The molecule has 0 aliphatic heterocycles. The summed E-state index contributed by atoms with van der Waals surface area (Å²) in [4.78, 5) is 33.8. The lowest BCUT2D eigenvalue weighted by atomic mass is 10.1. The van der Waals surface area contributed by atoms with Crippen LogP contribution in [0.3, 0.4) is 0 Å². The van der Waals surface area contributed by atoms with Gasteiger partial charge in [0, 0.05) is 0 Å². The van der Waals surface area contributed by atoms with Crippen LogP contribution in [0.2, 0.25) is 0 Å². The van der Waals surface area contributed by atoms with E-state index in [9.17, 15) is 14.4 Å². The van der Waals surface area contributed by atoms with Gasteiger partial charge < -0.3 is 15.2 Å². The van der Waals surface area contributed by atoms with Crippen LogP contribution in [0, 0.1) is 6.92 Å². The van der Waals surface area contributed by atoms with Gasteiger partial charge in [0.1, 0.15) is 6.04 Å². The minimum atomic E-state index is -1.28. The van der Waals surface area contributed by atoms with E-state index in [1.54, 1.807) is 12.1 Å². The molecule has 1 atom stereocenters. The van der Waals surface area contributed by atoms with Crippen LogP contribution in [0.25, 0.3) is 0 Å². The Bertz CT molecular complexity index is 495. The third kappa shape index (κ3) is 5.09. The molecule has 0 fully saturated rings. The number of hydrogen-bond donors (Lipinski definition) is 2. The molecule has 0 radical (unpaired) electrons. The van der Waals surface area contributed by atoms with Gasteiger partial charge in [-0.3, -0.25) is 9.59 Å². The van der Waals surface area contributed by atoms with Gasteiger partial charge in [-0.15, -0.1) is 0 Å². The number of carboxylic acids is 1. The second kappa shape index (κ2) is 7.28. The molecular weight excluding hydrogens is 262 g/mol. The fraction of sp³-hybridized carbons (Fsp3) is 0.357. The Labute approximate surface area is 116 Å². The summed E-state index contributed by atoms with van der Waals surface area (Å²) in [5.74, 6) is -2.41. The first-order valence-corrected chi connectivity index (χ1v) is 6.07. The first kappa shape index (κ1) is 15.7. The maximum Gasteiger partial charge on any atom is 0.326 e. The predicted octanol–water partition coefficient (Wildman–Crippen LogP) is 0.670. The van der Waals surface area contributed by atoms with Crippen molar-refractivity contribution in [1.82, 2.24) is 5.32 Å². The largest absolute Gasteiger partial charge is 0.480 e. The summed E-state index contributed by atoms with van der Waals surface area (Å²) in [6, 6.07) is 6.05. The van der Waals surface area contributed by atoms with Gasteiger partial charge in [0.25, 0.3) is 0 Å². The minimum Gasteiger partial charge on any atom is -0.480 e.